The van der Waals surface area contributed by atoms with E-state index in [1.807, 2.05) is 12.1 Å². The maximum Gasteiger partial charge on any atom is 0.335 e. The van der Waals surface area contributed by atoms with Crippen LogP contribution in [0.25, 0.3) is 0 Å². The summed E-state index contributed by atoms with van der Waals surface area (Å²) in [5.74, 6) is 2.15. The van der Waals surface area contributed by atoms with Crippen molar-refractivity contribution in [2.24, 2.45) is 62.6 Å². The Labute approximate surface area is 248 Å². The molecule has 10 atom stereocenters. The molecule has 0 bridgehead atoms. The summed E-state index contributed by atoms with van der Waals surface area (Å²) in [5, 5.41) is 20.3. The Bertz CT molecular complexity index is 1230. The first kappa shape index (κ1) is 29.2. The molecule has 5 aliphatic rings. The zero-order chi connectivity index (χ0) is 29.8. The van der Waals surface area contributed by atoms with Crippen molar-refractivity contribution in [3.8, 4) is 0 Å². The lowest BCUT2D eigenvalue weighted by Gasteiger charge is -2.73. The topological polar surface area (TPSA) is 74.6 Å². The molecule has 41 heavy (non-hydrogen) atoms. The number of carboxylic acids is 2. The van der Waals surface area contributed by atoms with Crippen molar-refractivity contribution in [3.05, 3.63) is 35.4 Å². The van der Waals surface area contributed by atoms with E-state index in [0.29, 0.717) is 47.0 Å². The van der Waals surface area contributed by atoms with Gasteiger partial charge in [-0.1, -0.05) is 60.6 Å². The third-order valence-electron chi connectivity index (χ3n) is 15.3. The van der Waals surface area contributed by atoms with Crippen molar-refractivity contribution in [3.63, 3.8) is 0 Å². The number of aromatic carboxylic acids is 1. The average Bonchev–Trinajstić information content (AvgIpc) is 3.30. The maximum absolute atomic E-state index is 13.0. The number of hydrogen-bond donors (Lipinski definition) is 2. The van der Waals surface area contributed by atoms with Crippen molar-refractivity contribution < 1.29 is 19.8 Å². The van der Waals surface area contributed by atoms with Gasteiger partial charge in [0.25, 0.3) is 0 Å². The fourth-order valence-corrected chi connectivity index (χ4v) is 13.3. The van der Waals surface area contributed by atoms with Crippen molar-refractivity contribution in [1.82, 2.24) is 0 Å². The van der Waals surface area contributed by atoms with Crippen LogP contribution >= 0.6 is 0 Å². The summed E-state index contributed by atoms with van der Waals surface area (Å²) in [6.07, 6.45) is 11.1. The van der Waals surface area contributed by atoms with Gasteiger partial charge in [0.1, 0.15) is 0 Å². The van der Waals surface area contributed by atoms with Gasteiger partial charge in [-0.2, -0.15) is 0 Å². The van der Waals surface area contributed by atoms with E-state index < -0.39 is 17.4 Å². The first-order chi connectivity index (χ1) is 19.1. The summed E-state index contributed by atoms with van der Waals surface area (Å²) < 4.78 is 0. The third kappa shape index (κ3) is 3.76. The standard InChI is InChI=1S/C37H54O4/c1-22(2)25-13-18-37(32(40)41)20-19-35(6)27(30(25)37)11-12-29-34(5)16-14-26(23-9-8-10-24(21-23)31(38)39)33(3,4)28(34)15-17-36(29,35)7/h8-10,21-22,25-30H,11-20H2,1-7H3,(H,38,39)(H,40,41)/t25-,26+,27+,28-,29+,30+,34-,35+,36+,37-/m0/s1. The number of rotatable bonds is 4. The van der Waals surface area contributed by atoms with E-state index in [4.69, 9.17) is 0 Å². The predicted molar refractivity (Wildman–Crippen MR) is 163 cm³/mol. The first-order valence-electron chi connectivity index (χ1n) is 16.7. The van der Waals surface area contributed by atoms with Crippen LogP contribution in [0.3, 0.4) is 0 Å². The number of benzene rings is 1. The second-order valence-corrected chi connectivity index (χ2v) is 16.9. The van der Waals surface area contributed by atoms with Crippen molar-refractivity contribution in [1.29, 1.82) is 0 Å². The van der Waals surface area contributed by atoms with E-state index in [2.05, 4.69) is 54.5 Å². The molecule has 0 spiro atoms. The van der Waals surface area contributed by atoms with Gasteiger partial charge in [0.2, 0.25) is 0 Å². The van der Waals surface area contributed by atoms with Gasteiger partial charge in [-0.15, -0.1) is 0 Å². The second-order valence-electron chi connectivity index (χ2n) is 16.9. The molecule has 2 N–H and O–H groups in total. The van der Waals surface area contributed by atoms with Gasteiger partial charge in [0.15, 0.2) is 0 Å². The number of fused-ring (bicyclic) bond motifs is 7. The van der Waals surface area contributed by atoms with E-state index in [1.54, 1.807) is 6.07 Å². The van der Waals surface area contributed by atoms with E-state index in [1.165, 1.54) is 37.7 Å². The molecule has 4 nitrogen and oxygen atoms in total. The van der Waals surface area contributed by atoms with Crippen LogP contribution in [0.4, 0.5) is 0 Å². The Morgan fingerprint density at radius 2 is 1.54 bits per heavy atom. The Hall–Kier alpha value is -1.84. The van der Waals surface area contributed by atoms with E-state index >= 15 is 0 Å². The van der Waals surface area contributed by atoms with Gasteiger partial charge >= 0.3 is 11.9 Å². The minimum Gasteiger partial charge on any atom is -0.481 e. The molecule has 1 aromatic rings. The quantitative estimate of drug-likeness (QED) is 0.383. The largest absolute Gasteiger partial charge is 0.481 e. The number of carbonyl (C=O) groups is 2. The van der Waals surface area contributed by atoms with Crippen molar-refractivity contribution in [2.75, 3.05) is 0 Å². The molecule has 5 fully saturated rings. The molecule has 0 aromatic heterocycles. The normalized spacial score (nSPS) is 46.6. The lowest BCUT2D eigenvalue weighted by atomic mass is 9.31. The molecular weight excluding hydrogens is 508 g/mol. The summed E-state index contributed by atoms with van der Waals surface area (Å²) in [5.41, 5.74) is 1.83. The van der Waals surface area contributed by atoms with Gasteiger partial charge in [-0.05, 0) is 145 Å². The van der Waals surface area contributed by atoms with Crippen molar-refractivity contribution in [2.45, 2.75) is 119 Å². The SMILES string of the molecule is CC(C)[C@@H]1CC[C@]2(C(=O)O)CC[C@]3(C)[C@H](CC[C@@H]4[C@@]5(C)CC[C@H](c6cccc(C(=O)O)c6)C(C)(C)[C@@H]5CC[C@]43C)[C@@H]12. The summed E-state index contributed by atoms with van der Waals surface area (Å²) in [6, 6.07) is 7.73. The van der Waals surface area contributed by atoms with E-state index in [9.17, 15) is 19.8 Å². The lowest BCUT2D eigenvalue weighted by Crippen LogP contribution is -2.66. The molecule has 0 aliphatic heterocycles. The summed E-state index contributed by atoms with van der Waals surface area (Å²) >= 11 is 0. The molecule has 0 unspecified atom stereocenters. The van der Waals surface area contributed by atoms with Gasteiger partial charge < -0.3 is 10.2 Å². The zero-order valence-corrected chi connectivity index (χ0v) is 26.6. The molecule has 5 saturated carbocycles. The predicted octanol–water partition coefficient (Wildman–Crippen LogP) is 9.29. The molecule has 4 heteroatoms. The highest BCUT2D eigenvalue weighted by atomic mass is 16.4. The van der Waals surface area contributed by atoms with Crippen LogP contribution in [0, 0.1) is 62.6 Å². The molecule has 5 aliphatic carbocycles. The smallest absolute Gasteiger partial charge is 0.335 e. The van der Waals surface area contributed by atoms with Crippen LogP contribution < -0.4 is 0 Å². The highest BCUT2D eigenvalue weighted by Gasteiger charge is 2.72. The highest BCUT2D eigenvalue weighted by molar-refractivity contribution is 5.87. The maximum atomic E-state index is 13.0. The van der Waals surface area contributed by atoms with E-state index in [0.717, 1.165) is 32.1 Å². The summed E-state index contributed by atoms with van der Waals surface area (Å²) in [7, 11) is 0. The minimum atomic E-state index is -0.842. The molecule has 0 heterocycles. The molecule has 1 aromatic carbocycles. The number of carboxylic acid groups (broad SMARTS) is 2. The number of hydrogen-bond acceptors (Lipinski definition) is 2. The Kier molecular flexibility index (Phi) is 6.65. The van der Waals surface area contributed by atoms with Gasteiger partial charge in [0, 0.05) is 0 Å². The van der Waals surface area contributed by atoms with Crippen LogP contribution in [0.1, 0.15) is 135 Å². The molecular formula is C37H54O4. The van der Waals surface area contributed by atoms with Crippen LogP contribution in [0.2, 0.25) is 0 Å². The minimum absolute atomic E-state index is 0.0857. The Morgan fingerprint density at radius 1 is 0.805 bits per heavy atom. The number of aliphatic carboxylic acids is 1. The first-order valence-corrected chi connectivity index (χ1v) is 16.7. The van der Waals surface area contributed by atoms with Crippen LogP contribution in [0.15, 0.2) is 24.3 Å². The van der Waals surface area contributed by atoms with Gasteiger partial charge in [-0.25, -0.2) is 4.79 Å². The Balaban J connectivity index is 1.35. The molecule has 6 rings (SSSR count). The molecule has 0 saturated heterocycles. The average molecular weight is 563 g/mol. The lowest BCUT2D eigenvalue weighted by molar-refractivity contribution is -0.241. The van der Waals surface area contributed by atoms with Gasteiger partial charge in [0.05, 0.1) is 11.0 Å². The van der Waals surface area contributed by atoms with Crippen LogP contribution in [0.5, 0.6) is 0 Å². The Morgan fingerprint density at radius 3 is 2.20 bits per heavy atom. The summed E-state index contributed by atoms with van der Waals surface area (Å²) in [4.78, 5) is 24.7. The van der Waals surface area contributed by atoms with Gasteiger partial charge in [-0.3, -0.25) is 4.79 Å². The zero-order valence-electron chi connectivity index (χ0n) is 26.6. The third-order valence-corrected chi connectivity index (χ3v) is 15.3. The summed E-state index contributed by atoms with van der Waals surface area (Å²) in [6.45, 7) is 17.5. The van der Waals surface area contributed by atoms with Crippen molar-refractivity contribution >= 4 is 11.9 Å². The highest BCUT2D eigenvalue weighted by Crippen LogP contribution is 2.78. The fourth-order valence-electron chi connectivity index (χ4n) is 13.3. The molecule has 0 amide bonds. The van der Waals surface area contributed by atoms with Crippen LogP contribution in [-0.4, -0.2) is 22.2 Å². The second kappa shape index (κ2) is 9.33. The molecule has 0 radical (unpaired) electrons. The monoisotopic (exact) mass is 562 g/mol. The molecule has 226 valence electrons. The van der Waals surface area contributed by atoms with E-state index in [-0.39, 0.29) is 21.7 Å². The fraction of sp³-hybridized carbons (Fsp3) is 0.784. The van der Waals surface area contributed by atoms with Crippen LogP contribution in [-0.2, 0) is 4.79 Å².